The lowest BCUT2D eigenvalue weighted by Crippen LogP contribution is -2.44. The Morgan fingerprint density at radius 1 is 0.900 bits per heavy atom. The second-order valence-electron chi connectivity index (χ2n) is 5.44. The van der Waals surface area contributed by atoms with E-state index in [0.717, 1.165) is 12.8 Å². The topological polar surface area (TPSA) is 23.5 Å². The number of benzene rings is 2. The van der Waals surface area contributed by atoms with E-state index in [2.05, 4.69) is 59.5 Å². The third kappa shape index (κ3) is 2.56. The summed E-state index contributed by atoms with van der Waals surface area (Å²) < 4.78 is 0. The molecule has 1 heterocycles. The van der Waals surface area contributed by atoms with Gasteiger partial charge >= 0.3 is 0 Å². The van der Waals surface area contributed by atoms with Gasteiger partial charge in [-0.25, -0.2) is 0 Å². The van der Waals surface area contributed by atoms with Crippen LogP contribution in [0.5, 0.6) is 0 Å². The van der Waals surface area contributed by atoms with Crippen molar-refractivity contribution >= 4 is 5.69 Å². The molecule has 1 fully saturated rings. The van der Waals surface area contributed by atoms with E-state index in [9.17, 15) is 5.11 Å². The maximum atomic E-state index is 9.75. The second-order valence-corrected chi connectivity index (χ2v) is 5.44. The van der Waals surface area contributed by atoms with Gasteiger partial charge in [0.05, 0.1) is 18.7 Å². The molecule has 0 aliphatic carbocycles. The highest BCUT2D eigenvalue weighted by atomic mass is 16.3. The fraction of sp³-hybridized carbons (Fsp3) is 0.333. The van der Waals surface area contributed by atoms with Gasteiger partial charge in [0.2, 0.25) is 0 Å². The van der Waals surface area contributed by atoms with Gasteiger partial charge in [-0.2, -0.15) is 0 Å². The summed E-state index contributed by atoms with van der Waals surface area (Å²) in [6, 6.07) is 21.7. The summed E-state index contributed by atoms with van der Waals surface area (Å²) in [5.41, 5.74) is 2.55. The van der Waals surface area contributed by atoms with E-state index < -0.39 is 0 Å². The summed E-state index contributed by atoms with van der Waals surface area (Å²) >= 11 is 0. The summed E-state index contributed by atoms with van der Waals surface area (Å²) in [4.78, 5) is 2.40. The Hall–Kier alpha value is -1.80. The van der Waals surface area contributed by atoms with Crippen LogP contribution < -0.4 is 4.90 Å². The molecule has 2 nitrogen and oxygen atoms in total. The Morgan fingerprint density at radius 2 is 1.55 bits per heavy atom. The fourth-order valence-corrected chi connectivity index (χ4v) is 3.25. The van der Waals surface area contributed by atoms with Crippen molar-refractivity contribution in [2.75, 3.05) is 11.5 Å². The number of hydrogen-bond acceptors (Lipinski definition) is 2. The SMILES string of the molecule is OCC1CCCC(c2ccccc2)N1c1ccccc1. The number of aliphatic hydroxyl groups excluding tert-OH is 1. The molecule has 104 valence electrons. The zero-order chi connectivity index (χ0) is 13.8. The highest BCUT2D eigenvalue weighted by Gasteiger charge is 2.31. The fourth-order valence-electron chi connectivity index (χ4n) is 3.25. The quantitative estimate of drug-likeness (QED) is 0.915. The number of aliphatic hydroxyl groups is 1. The van der Waals surface area contributed by atoms with E-state index in [-0.39, 0.29) is 12.6 Å². The normalized spacial score (nSPS) is 22.8. The lowest BCUT2D eigenvalue weighted by Gasteiger charge is -2.43. The molecular weight excluding hydrogens is 246 g/mol. The average molecular weight is 267 g/mol. The van der Waals surface area contributed by atoms with Gasteiger partial charge < -0.3 is 10.0 Å². The Bertz CT molecular complexity index is 526. The molecule has 2 aromatic carbocycles. The van der Waals surface area contributed by atoms with E-state index in [1.54, 1.807) is 0 Å². The van der Waals surface area contributed by atoms with E-state index in [0.29, 0.717) is 6.04 Å². The smallest absolute Gasteiger partial charge is 0.0635 e. The largest absolute Gasteiger partial charge is 0.394 e. The predicted octanol–water partition coefficient (Wildman–Crippen LogP) is 3.78. The molecular formula is C18H21NO. The number of hydrogen-bond donors (Lipinski definition) is 1. The molecule has 1 aliphatic rings. The Labute approximate surface area is 120 Å². The standard InChI is InChI=1S/C18H21NO/c20-14-17-12-7-13-18(15-8-3-1-4-9-15)19(17)16-10-5-2-6-11-16/h1-6,8-11,17-18,20H,7,12-14H2. The first-order valence-electron chi connectivity index (χ1n) is 7.39. The molecule has 2 aromatic rings. The van der Waals surface area contributed by atoms with Crippen molar-refractivity contribution in [1.82, 2.24) is 0 Å². The Kier molecular flexibility index (Phi) is 4.03. The average Bonchev–Trinajstić information content (AvgIpc) is 2.55. The molecule has 3 rings (SSSR count). The van der Waals surface area contributed by atoms with E-state index in [4.69, 9.17) is 0 Å². The summed E-state index contributed by atoms with van der Waals surface area (Å²) in [7, 11) is 0. The van der Waals surface area contributed by atoms with Gasteiger partial charge in [0.25, 0.3) is 0 Å². The molecule has 2 atom stereocenters. The van der Waals surface area contributed by atoms with Gasteiger partial charge in [0.15, 0.2) is 0 Å². The molecule has 1 N–H and O–H groups in total. The molecule has 0 bridgehead atoms. The number of piperidine rings is 1. The molecule has 0 radical (unpaired) electrons. The number of anilines is 1. The summed E-state index contributed by atoms with van der Waals surface area (Å²) in [6.45, 7) is 0.220. The third-order valence-corrected chi connectivity index (χ3v) is 4.19. The number of rotatable bonds is 3. The van der Waals surface area contributed by atoms with Crippen molar-refractivity contribution in [3.63, 3.8) is 0 Å². The minimum atomic E-state index is 0.219. The van der Waals surface area contributed by atoms with E-state index in [1.807, 2.05) is 6.07 Å². The summed E-state index contributed by atoms with van der Waals surface area (Å²) in [5, 5.41) is 9.75. The molecule has 1 saturated heterocycles. The van der Waals surface area contributed by atoms with Crippen LogP contribution in [-0.4, -0.2) is 17.8 Å². The van der Waals surface area contributed by atoms with Gasteiger partial charge in [-0.15, -0.1) is 0 Å². The molecule has 0 aromatic heterocycles. The van der Waals surface area contributed by atoms with Crippen LogP contribution in [0.2, 0.25) is 0 Å². The van der Waals surface area contributed by atoms with Crippen molar-refractivity contribution in [1.29, 1.82) is 0 Å². The Morgan fingerprint density at radius 3 is 2.20 bits per heavy atom. The zero-order valence-corrected chi connectivity index (χ0v) is 11.7. The van der Waals surface area contributed by atoms with Crippen LogP contribution in [0.15, 0.2) is 60.7 Å². The molecule has 20 heavy (non-hydrogen) atoms. The van der Waals surface area contributed by atoms with Crippen LogP contribution in [-0.2, 0) is 0 Å². The van der Waals surface area contributed by atoms with Crippen molar-refractivity contribution in [3.05, 3.63) is 66.2 Å². The lowest BCUT2D eigenvalue weighted by molar-refractivity contribution is 0.225. The first kappa shape index (κ1) is 13.2. The maximum Gasteiger partial charge on any atom is 0.0635 e. The number of para-hydroxylation sites is 1. The van der Waals surface area contributed by atoms with Gasteiger partial charge in [-0.05, 0) is 37.0 Å². The second kappa shape index (κ2) is 6.10. The molecule has 0 saturated carbocycles. The van der Waals surface area contributed by atoms with E-state index in [1.165, 1.54) is 17.7 Å². The molecule has 1 aliphatic heterocycles. The molecule has 0 amide bonds. The van der Waals surface area contributed by atoms with Gasteiger partial charge in [-0.1, -0.05) is 48.5 Å². The van der Waals surface area contributed by atoms with Gasteiger partial charge in [0, 0.05) is 5.69 Å². The van der Waals surface area contributed by atoms with Crippen LogP contribution in [0.1, 0.15) is 30.9 Å². The minimum Gasteiger partial charge on any atom is -0.394 e. The van der Waals surface area contributed by atoms with Crippen LogP contribution in [0.3, 0.4) is 0 Å². The molecule has 2 unspecified atom stereocenters. The first-order valence-corrected chi connectivity index (χ1v) is 7.39. The highest BCUT2D eigenvalue weighted by molar-refractivity contribution is 5.50. The number of nitrogens with zero attached hydrogens (tertiary/aromatic N) is 1. The summed E-state index contributed by atoms with van der Waals surface area (Å²) in [5.74, 6) is 0. The van der Waals surface area contributed by atoms with Crippen molar-refractivity contribution in [2.24, 2.45) is 0 Å². The van der Waals surface area contributed by atoms with Gasteiger partial charge in [-0.3, -0.25) is 0 Å². The lowest BCUT2D eigenvalue weighted by atomic mass is 9.90. The van der Waals surface area contributed by atoms with Crippen LogP contribution >= 0.6 is 0 Å². The molecule has 0 spiro atoms. The zero-order valence-electron chi connectivity index (χ0n) is 11.7. The van der Waals surface area contributed by atoms with Crippen LogP contribution in [0, 0.1) is 0 Å². The third-order valence-electron chi connectivity index (χ3n) is 4.19. The molecule has 2 heteroatoms. The Balaban J connectivity index is 1.98. The van der Waals surface area contributed by atoms with Gasteiger partial charge in [0.1, 0.15) is 0 Å². The van der Waals surface area contributed by atoms with Crippen molar-refractivity contribution in [2.45, 2.75) is 31.3 Å². The predicted molar refractivity (Wildman–Crippen MR) is 82.8 cm³/mol. The van der Waals surface area contributed by atoms with Crippen molar-refractivity contribution < 1.29 is 5.11 Å². The maximum absolute atomic E-state index is 9.75. The monoisotopic (exact) mass is 267 g/mol. The first-order chi connectivity index (χ1) is 9.90. The highest BCUT2D eigenvalue weighted by Crippen LogP contribution is 2.37. The van der Waals surface area contributed by atoms with Crippen LogP contribution in [0.25, 0.3) is 0 Å². The van der Waals surface area contributed by atoms with Crippen molar-refractivity contribution in [3.8, 4) is 0 Å². The van der Waals surface area contributed by atoms with Crippen LogP contribution in [0.4, 0.5) is 5.69 Å². The van der Waals surface area contributed by atoms with E-state index >= 15 is 0 Å². The summed E-state index contributed by atoms with van der Waals surface area (Å²) in [6.07, 6.45) is 3.39. The minimum absolute atomic E-state index is 0.219.